The zero-order valence-corrected chi connectivity index (χ0v) is 14.0. The van der Waals surface area contributed by atoms with E-state index in [1.54, 1.807) is 0 Å². The molecule has 3 amide bonds. The van der Waals surface area contributed by atoms with Crippen LogP contribution in [0.25, 0.3) is 0 Å². The van der Waals surface area contributed by atoms with Crippen LogP contribution in [0.4, 0.5) is 4.79 Å². The highest BCUT2D eigenvalue weighted by Gasteiger charge is 2.51. The number of urea groups is 1. The number of rotatable bonds is 4. The summed E-state index contributed by atoms with van der Waals surface area (Å²) in [6, 6.07) is -0.265. The normalized spacial score (nSPS) is 38.7. The molecule has 23 heavy (non-hydrogen) atoms. The number of likely N-dealkylation sites (tertiary alicyclic amines) is 1. The molecule has 5 aliphatic rings. The molecule has 0 aromatic heterocycles. The zero-order valence-electron chi connectivity index (χ0n) is 14.0. The van der Waals surface area contributed by atoms with Gasteiger partial charge in [-0.15, -0.1) is 0 Å². The lowest BCUT2D eigenvalue weighted by Crippen LogP contribution is -2.61. The maximum absolute atomic E-state index is 12.3. The van der Waals surface area contributed by atoms with Crippen molar-refractivity contribution in [2.24, 2.45) is 17.8 Å². The van der Waals surface area contributed by atoms with Crippen LogP contribution in [-0.4, -0.2) is 42.0 Å². The summed E-state index contributed by atoms with van der Waals surface area (Å²) in [7, 11) is 0. The Kier molecular flexibility index (Phi) is 4.08. The first-order valence-corrected chi connectivity index (χ1v) is 9.45. The molecule has 128 valence electrons. The minimum absolute atomic E-state index is 0.0198. The molecule has 2 N–H and O–H groups in total. The Morgan fingerprint density at radius 2 is 1.52 bits per heavy atom. The van der Waals surface area contributed by atoms with Gasteiger partial charge in [-0.1, -0.05) is 0 Å². The van der Waals surface area contributed by atoms with Gasteiger partial charge < -0.3 is 10.2 Å². The van der Waals surface area contributed by atoms with Crippen molar-refractivity contribution in [2.75, 3.05) is 19.6 Å². The van der Waals surface area contributed by atoms with Crippen LogP contribution >= 0.6 is 0 Å². The average molecular weight is 319 g/mol. The zero-order chi connectivity index (χ0) is 15.9. The molecule has 0 radical (unpaired) electrons. The van der Waals surface area contributed by atoms with Crippen LogP contribution in [0.3, 0.4) is 0 Å². The summed E-state index contributed by atoms with van der Waals surface area (Å²) in [6.45, 7) is 2.95. The smallest absolute Gasteiger partial charge is 0.321 e. The van der Waals surface area contributed by atoms with Gasteiger partial charge in [0.05, 0.1) is 0 Å². The number of nitrogens with one attached hydrogen (secondary N) is 2. The van der Waals surface area contributed by atoms with E-state index in [9.17, 15) is 9.59 Å². The Labute approximate surface area is 138 Å². The van der Waals surface area contributed by atoms with Gasteiger partial charge >= 0.3 is 6.03 Å². The first-order valence-electron chi connectivity index (χ1n) is 9.45. The summed E-state index contributed by atoms with van der Waals surface area (Å²) >= 11 is 0. The molecular weight excluding hydrogens is 290 g/mol. The molecule has 0 aromatic carbocycles. The van der Waals surface area contributed by atoms with E-state index in [1.807, 2.05) is 0 Å². The van der Waals surface area contributed by atoms with Crippen LogP contribution in [-0.2, 0) is 4.79 Å². The summed E-state index contributed by atoms with van der Waals surface area (Å²) in [4.78, 5) is 26.6. The molecule has 4 aliphatic carbocycles. The maximum Gasteiger partial charge on any atom is 0.321 e. The molecule has 5 nitrogen and oxygen atoms in total. The molecule has 1 aliphatic heterocycles. The fourth-order valence-corrected chi connectivity index (χ4v) is 5.99. The highest BCUT2D eigenvalue weighted by atomic mass is 16.2. The summed E-state index contributed by atoms with van der Waals surface area (Å²) in [5, 5.41) is 5.76. The minimum Gasteiger partial charge on any atom is -0.332 e. The first kappa shape index (κ1) is 15.4. The molecule has 4 bridgehead atoms. The Morgan fingerprint density at radius 3 is 2.09 bits per heavy atom. The van der Waals surface area contributed by atoms with Crippen molar-refractivity contribution in [2.45, 2.75) is 63.3 Å². The molecule has 0 spiro atoms. The van der Waals surface area contributed by atoms with Gasteiger partial charge in [-0.2, -0.15) is 0 Å². The second kappa shape index (κ2) is 6.08. The van der Waals surface area contributed by atoms with Gasteiger partial charge in [0, 0.05) is 18.5 Å². The van der Waals surface area contributed by atoms with Gasteiger partial charge in [-0.25, -0.2) is 4.79 Å². The molecule has 1 heterocycles. The molecule has 0 atom stereocenters. The van der Waals surface area contributed by atoms with E-state index in [2.05, 4.69) is 15.5 Å². The van der Waals surface area contributed by atoms with E-state index in [1.165, 1.54) is 32.1 Å². The monoisotopic (exact) mass is 319 g/mol. The predicted octanol–water partition coefficient (Wildman–Crippen LogP) is 2.27. The third kappa shape index (κ3) is 3.39. The number of amides is 3. The lowest BCUT2D eigenvalue weighted by molar-refractivity contribution is -0.120. The van der Waals surface area contributed by atoms with Gasteiger partial charge in [0.15, 0.2) is 0 Å². The van der Waals surface area contributed by atoms with Crippen LogP contribution < -0.4 is 10.6 Å². The Morgan fingerprint density at radius 1 is 0.957 bits per heavy atom. The molecule has 5 heteroatoms. The SMILES string of the molecule is O=C(CCN1CCCC1)NC(=O)NC12CC3CC(CC(C3)C1)C2. The second-order valence-corrected chi connectivity index (χ2v) is 8.50. The number of carbonyl (C=O) groups is 2. The Hall–Kier alpha value is -1.10. The van der Waals surface area contributed by atoms with E-state index in [0.29, 0.717) is 6.42 Å². The maximum atomic E-state index is 12.3. The van der Waals surface area contributed by atoms with Crippen LogP contribution in [0.1, 0.15) is 57.8 Å². The summed E-state index contributed by atoms with van der Waals surface area (Å²) in [5.74, 6) is 2.26. The van der Waals surface area contributed by atoms with Crippen molar-refractivity contribution in [3.63, 3.8) is 0 Å². The van der Waals surface area contributed by atoms with Gasteiger partial charge in [0.25, 0.3) is 0 Å². The van der Waals surface area contributed by atoms with Gasteiger partial charge in [0.2, 0.25) is 5.91 Å². The molecule has 5 fully saturated rings. The van der Waals surface area contributed by atoms with Crippen molar-refractivity contribution in [1.29, 1.82) is 0 Å². The molecule has 5 rings (SSSR count). The molecule has 4 saturated carbocycles. The standard InChI is InChI=1S/C18H29N3O2/c22-16(3-6-21-4-1-2-5-21)19-17(23)20-18-10-13-7-14(11-18)9-15(8-13)12-18/h13-15H,1-12H2,(H2,19,20,22,23). The predicted molar refractivity (Wildman–Crippen MR) is 87.9 cm³/mol. The van der Waals surface area contributed by atoms with Crippen molar-refractivity contribution in [3.8, 4) is 0 Å². The first-order chi connectivity index (χ1) is 11.1. The van der Waals surface area contributed by atoms with E-state index >= 15 is 0 Å². The van der Waals surface area contributed by atoms with Gasteiger partial charge in [0.1, 0.15) is 0 Å². The highest BCUT2D eigenvalue weighted by Crippen LogP contribution is 2.55. The Bertz CT molecular complexity index is 449. The lowest BCUT2D eigenvalue weighted by atomic mass is 9.53. The summed E-state index contributed by atoms with van der Waals surface area (Å²) < 4.78 is 0. The quantitative estimate of drug-likeness (QED) is 0.835. The number of hydrogen-bond donors (Lipinski definition) is 2. The van der Waals surface area contributed by atoms with Crippen molar-refractivity contribution >= 4 is 11.9 Å². The Balaban J connectivity index is 1.25. The summed E-state index contributed by atoms with van der Waals surface area (Å²) in [6.07, 6.45) is 10.3. The third-order valence-electron chi connectivity index (χ3n) is 6.52. The molecular formula is C18H29N3O2. The fourth-order valence-electron chi connectivity index (χ4n) is 5.99. The fraction of sp³-hybridized carbons (Fsp3) is 0.889. The van der Waals surface area contributed by atoms with Crippen molar-refractivity contribution < 1.29 is 9.59 Å². The third-order valence-corrected chi connectivity index (χ3v) is 6.52. The van der Waals surface area contributed by atoms with E-state index < -0.39 is 0 Å². The average Bonchev–Trinajstić information content (AvgIpc) is 2.96. The van der Waals surface area contributed by atoms with Crippen LogP contribution in [0, 0.1) is 17.8 Å². The number of carbonyl (C=O) groups excluding carboxylic acids is 2. The molecule has 0 unspecified atom stereocenters. The van der Waals surface area contributed by atoms with Gasteiger partial charge in [-0.05, 0) is 82.2 Å². The lowest BCUT2D eigenvalue weighted by Gasteiger charge is -2.56. The number of hydrogen-bond acceptors (Lipinski definition) is 3. The highest BCUT2D eigenvalue weighted by molar-refractivity contribution is 5.94. The van der Waals surface area contributed by atoms with Crippen LogP contribution in [0.5, 0.6) is 0 Å². The van der Waals surface area contributed by atoms with E-state index in [-0.39, 0.29) is 17.5 Å². The minimum atomic E-state index is -0.265. The van der Waals surface area contributed by atoms with Crippen molar-refractivity contribution in [1.82, 2.24) is 15.5 Å². The van der Waals surface area contributed by atoms with Gasteiger partial charge in [-0.3, -0.25) is 10.1 Å². The van der Waals surface area contributed by atoms with E-state index in [4.69, 9.17) is 0 Å². The topological polar surface area (TPSA) is 61.4 Å². The van der Waals surface area contributed by atoms with E-state index in [0.717, 1.165) is 56.7 Å². The van der Waals surface area contributed by atoms with Crippen LogP contribution in [0.15, 0.2) is 0 Å². The number of nitrogens with zero attached hydrogens (tertiary/aromatic N) is 1. The summed E-state index contributed by atoms with van der Waals surface area (Å²) in [5.41, 5.74) is -0.0198. The van der Waals surface area contributed by atoms with Crippen LogP contribution in [0.2, 0.25) is 0 Å². The molecule has 0 aromatic rings. The number of imide groups is 1. The van der Waals surface area contributed by atoms with Crippen molar-refractivity contribution in [3.05, 3.63) is 0 Å². The second-order valence-electron chi connectivity index (χ2n) is 8.50. The molecule has 1 saturated heterocycles. The largest absolute Gasteiger partial charge is 0.332 e.